The van der Waals surface area contributed by atoms with E-state index in [4.69, 9.17) is 0 Å². The van der Waals surface area contributed by atoms with E-state index in [1.807, 2.05) is 0 Å². The summed E-state index contributed by atoms with van der Waals surface area (Å²) in [5, 5.41) is 0. The van der Waals surface area contributed by atoms with E-state index in [0.717, 1.165) is 4.48 Å². The number of esters is 1. The number of carbonyl (C=O) groups excluding carboxylic acids is 1. The van der Waals surface area contributed by atoms with Crippen molar-refractivity contribution in [1.82, 2.24) is 0 Å². The Kier molecular flexibility index (Phi) is 4.94. The lowest BCUT2D eigenvalue weighted by molar-refractivity contribution is -0.139. The van der Waals surface area contributed by atoms with E-state index < -0.39 is 0 Å². The van der Waals surface area contributed by atoms with Gasteiger partial charge in [0, 0.05) is 11.4 Å². The van der Waals surface area contributed by atoms with E-state index in [2.05, 4.69) is 27.2 Å². The fourth-order valence-electron chi connectivity index (χ4n) is 0.322. The molecule has 0 radical (unpaired) electrons. The molecule has 0 saturated carbocycles. The molecule has 56 valence electrons. The summed E-state index contributed by atoms with van der Waals surface area (Å²) in [4.78, 5) is 10.2. The third-order valence-corrected chi connectivity index (χ3v) is 1.41. The highest BCUT2D eigenvalue weighted by atomic mass is 79.9. The molecule has 0 heterocycles. The molecule has 0 aliphatic carbocycles. The number of carbonyl (C=O) groups is 1. The second kappa shape index (κ2) is 5.23. The molecule has 0 fully saturated rings. The highest BCUT2D eigenvalue weighted by Gasteiger charge is 1.88. The summed E-state index contributed by atoms with van der Waals surface area (Å²) in [5.41, 5.74) is 0. The fourth-order valence-corrected chi connectivity index (χ4v) is 0.454. The molecule has 0 spiro atoms. The van der Waals surface area contributed by atoms with Crippen molar-refractivity contribution in [2.75, 3.05) is 6.61 Å². The van der Waals surface area contributed by atoms with E-state index in [9.17, 15) is 4.79 Å². The van der Waals surface area contributed by atoms with Crippen molar-refractivity contribution in [3.63, 3.8) is 0 Å². The number of hydrogen-bond acceptors (Lipinski definition) is 2. The van der Waals surface area contributed by atoms with Crippen LogP contribution in [-0.4, -0.2) is 12.6 Å². The predicted molar refractivity (Wildman–Crippen MR) is 43.8 cm³/mol. The first-order valence-corrected chi connectivity index (χ1v) is 3.57. The number of ether oxygens (including phenoxy) is 1. The van der Waals surface area contributed by atoms with Crippen LogP contribution in [-0.2, 0) is 9.53 Å². The molecule has 0 aromatic heterocycles. The van der Waals surface area contributed by atoms with Gasteiger partial charge in [-0.25, -0.2) is 0 Å². The molecule has 2 nitrogen and oxygen atoms in total. The summed E-state index contributed by atoms with van der Waals surface area (Å²) in [6, 6.07) is 0. The zero-order valence-corrected chi connectivity index (χ0v) is 7.35. The molecule has 0 unspecified atom stereocenters. The average Bonchev–Trinajstić information content (AvgIpc) is 1.87. The second-order valence-corrected chi connectivity index (χ2v) is 2.51. The van der Waals surface area contributed by atoms with Crippen LogP contribution >= 0.6 is 15.9 Å². The molecule has 0 aromatic rings. The van der Waals surface area contributed by atoms with Gasteiger partial charge in [-0.05, 0) is 6.08 Å². The Labute approximate surface area is 68.7 Å². The van der Waals surface area contributed by atoms with Crippen LogP contribution in [0.3, 0.4) is 0 Å². The van der Waals surface area contributed by atoms with Crippen LogP contribution in [0.5, 0.6) is 0 Å². The monoisotopic (exact) mass is 204 g/mol. The number of allylic oxidation sites excluding steroid dienone is 2. The van der Waals surface area contributed by atoms with E-state index in [1.54, 1.807) is 12.2 Å². The number of rotatable bonds is 3. The van der Waals surface area contributed by atoms with Crippen LogP contribution in [0, 0.1) is 0 Å². The van der Waals surface area contributed by atoms with Crippen LogP contribution in [0.1, 0.15) is 6.92 Å². The smallest absolute Gasteiger partial charge is 0.302 e. The van der Waals surface area contributed by atoms with Crippen LogP contribution in [0.2, 0.25) is 0 Å². The standard InChI is InChI=1S/C7H9BrO2/c1-3-7(8)4-5-10-6(2)9/h3-4H,1,5H2,2H3. The molecule has 0 saturated heterocycles. The maximum Gasteiger partial charge on any atom is 0.302 e. The minimum absolute atomic E-state index is 0.277. The molecule has 0 aliphatic heterocycles. The van der Waals surface area contributed by atoms with E-state index >= 15 is 0 Å². The molecule has 0 amide bonds. The van der Waals surface area contributed by atoms with Crippen molar-refractivity contribution in [2.24, 2.45) is 0 Å². The van der Waals surface area contributed by atoms with Gasteiger partial charge in [-0.2, -0.15) is 0 Å². The first kappa shape index (κ1) is 9.43. The lowest BCUT2D eigenvalue weighted by Gasteiger charge is -1.94. The molecule has 0 bridgehead atoms. The zero-order valence-electron chi connectivity index (χ0n) is 5.76. The lowest BCUT2D eigenvalue weighted by Crippen LogP contribution is -1.97. The van der Waals surface area contributed by atoms with Crippen LogP contribution in [0.25, 0.3) is 0 Å². The Morgan fingerprint density at radius 3 is 2.80 bits per heavy atom. The van der Waals surface area contributed by atoms with Crippen molar-refractivity contribution in [3.05, 3.63) is 23.2 Å². The highest BCUT2D eigenvalue weighted by Crippen LogP contribution is 2.03. The van der Waals surface area contributed by atoms with Crippen molar-refractivity contribution in [3.8, 4) is 0 Å². The van der Waals surface area contributed by atoms with Crippen LogP contribution < -0.4 is 0 Å². The summed E-state index contributed by atoms with van der Waals surface area (Å²) >= 11 is 3.18. The summed E-state index contributed by atoms with van der Waals surface area (Å²) in [7, 11) is 0. The first-order valence-electron chi connectivity index (χ1n) is 2.78. The maximum atomic E-state index is 10.2. The van der Waals surface area contributed by atoms with E-state index in [-0.39, 0.29) is 5.97 Å². The van der Waals surface area contributed by atoms with Gasteiger partial charge >= 0.3 is 5.97 Å². The second-order valence-electron chi connectivity index (χ2n) is 1.60. The Balaban J connectivity index is 3.52. The Morgan fingerprint density at radius 2 is 2.40 bits per heavy atom. The largest absolute Gasteiger partial charge is 0.462 e. The third-order valence-electron chi connectivity index (χ3n) is 0.760. The molecule has 0 rings (SSSR count). The van der Waals surface area contributed by atoms with Gasteiger partial charge < -0.3 is 4.74 Å². The Hall–Kier alpha value is -0.570. The van der Waals surface area contributed by atoms with Gasteiger partial charge in [0.2, 0.25) is 0 Å². The molecule has 0 atom stereocenters. The minimum atomic E-state index is -0.277. The average molecular weight is 205 g/mol. The quantitative estimate of drug-likeness (QED) is 0.520. The first-order chi connectivity index (χ1) is 4.66. The molecular weight excluding hydrogens is 196 g/mol. The molecule has 0 N–H and O–H groups in total. The highest BCUT2D eigenvalue weighted by molar-refractivity contribution is 9.11. The summed E-state index contributed by atoms with van der Waals surface area (Å²) < 4.78 is 5.45. The SMILES string of the molecule is C=CC(Br)=CCOC(C)=O. The molecular formula is C7H9BrO2. The van der Waals surface area contributed by atoms with E-state index in [0.29, 0.717) is 6.61 Å². The van der Waals surface area contributed by atoms with Gasteiger partial charge in [0.05, 0.1) is 0 Å². The number of hydrogen-bond donors (Lipinski definition) is 0. The zero-order chi connectivity index (χ0) is 7.98. The molecule has 3 heteroatoms. The normalized spacial score (nSPS) is 10.8. The lowest BCUT2D eigenvalue weighted by atomic mass is 10.5. The molecule has 0 aliphatic rings. The Morgan fingerprint density at radius 1 is 1.80 bits per heavy atom. The van der Waals surface area contributed by atoms with Crippen molar-refractivity contribution < 1.29 is 9.53 Å². The van der Waals surface area contributed by atoms with Gasteiger partial charge in [0.25, 0.3) is 0 Å². The fraction of sp³-hybridized carbons (Fsp3) is 0.286. The summed E-state index contributed by atoms with van der Waals surface area (Å²) in [6.07, 6.45) is 3.35. The van der Waals surface area contributed by atoms with Crippen molar-refractivity contribution in [1.29, 1.82) is 0 Å². The van der Waals surface area contributed by atoms with Gasteiger partial charge in [0.1, 0.15) is 6.61 Å². The van der Waals surface area contributed by atoms with Gasteiger partial charge in [-0.1, -0.05) is 28.6 Å². The number of halogens is 1. The summed E-state index contributed by atoms with van der Waals surface area (Å²) in [5.74, 6) is -0.277. The van der Waals surface area contributed by atoms with Gasteiger partial charge in [0.15, 0.2) is 0 Å². The maximum absolute atomic E-state index is 10.2. The van der Waals surface area contributed by atoms with Crippen LogP contribution in [0.4, 0.5) is 0 Å². The van der Waals surface area contributed by atoms with Gasteiger partial charge in [-0.15, -0.1) is 0 Å². The van der Waals surface area contributed by atoms with Gasteiger partial charge in [-0.3, -0.25) is 4.79 Å². The minimum Gasteiger partial charge on any atom is -0.462 e. The summed E-state index contributed by atoms with van der Waals surface area (Å²) in [6.45, 7) is 5.17. The molecule has 10 heavy (non-hydrogen) atoms. The van der Waals surface area contributed by atoms with Crippen LogP contribution in [0.15, 0.2) is 23.2 Å². The van der Waals surface area contributed by atoms with Crippen molar-refractivity contribution >= 4 is 21.9 Å². The van der Waals surface area contributed by atoms with Crippen molar-refractivity contribution in [2.45, 2.75) is 6.92 Å². The predicted octanol–water partition coefficient (Wildman–Crippen LogP) is 2.01. The topological polar surface area (TPSA) is 26.3 Å². The third kappa shape index (κ3) is 5.56. The molecule has 0 aromatic carbocycles. The Bertz CT molecular complexity index is 161. The van der Waals surface area contributed by atoms with E-state index in [1.165, 1.54) is 6.92 Å².